The van der Waals surface area contributed by atoms with Crippen molar-refractivity contribution in [1.29, 1.82) is 0 Å². The lowest BCUT2D eigenvalue weighted by molar-refractivity contribution is -0.160. The van der Waals surface area contributed by atoms with E-state index in [2.05, 4.69) is 10.0 Å². The standard InChI is InChI=1S/C17H17F3N2O3S2/c1-21-27(24,25)14-7-6-13(26-14)15(23)22-10-11-2-4-12(5-3-11)16(8-9-16)17(18,19)20/h2-7,21H,8-10H2,1H3,(H,22,23). The summed E-state index contributed by atoms with van der Waals surface area (Å²) in [5.41, 5.74) is -0.823. The Balaban J connectivity index is 1.63. The third-order valence-electron chi connectivity index (χ3n) is 4.59. The summed E-state index contributed by atoms with van der Waals surface area (Å²) in [5.74, 6) is -0.449. The highest BCUT2D eigenvalue weighted by atomic mass is 32.2. The monoisotopic (exact) mass is 418 g/mol. The predicted molar refractivity (Wildman–Crippen MR) is 95.1 cm³/mol. The van der Waals surface area contributed by atoms with Gasteiger partial charge in [-0.05, 0) is 43.1 Å². The first-order valence-corrected chi connectivity index (χ1v) is 10.4. The van der Waals surface area contributed by atoms with Crippen LogP contribution in [-0.4, -0.2) is 27.5 Å². The molecule has 0 radical (unpaired) electrons. The van der Waals surface area contributed by atoms with E-state index >= 15 is 0 Å². The fourth-order valence-corrected chi connectivity index (χ4v) is 4.82. The lowest BCUT2D eigenvalue weighted by Gasteiger charge is -2.19. The summed E-state index contributed by atoms with van der Waals surface area (Å²) < 4.78 is 65.0. The minimum atomic E-state index is -4.26. The van der Waals surface area contributed by atoms with Gasteiger partial charge in [-0.3, -0.25) is 4.79 Å². The van der Waals surface area contributed by atoms with Crippen LogP contribution < -0.4 is 10.0 Å². The third kappa shape index (κ3) is 3.87. The Kier molecular flexibility index (Phi) is 5.08. The van der Waals surface area contributed by atoms with E-state index in [9.17, 15) is 26.4 Å². The smallest absolute Gasteiger partial charge is 0.347 e. The number of hydrogen-bond donors (Lipinski definition) is 2. The molecule has 0 atom stereocenters. The van der Waals surface area contributed by atoms with E-state index in [1.807, 2.05) is 0 Å². The van der Waals surface area contributed by atoms with Gasteiger partial charge in [0.05, 0.1) is 10.3 Å². The number of hydrogen-bond acceptors (Lipinski definition) is 4. The maximum absolute atomic E-state index is 13.1. The van der Waals surface area contributed by atoms with Crippen LogP contribution in [0.1, 0.15) is 33.6 Å². The van der Waals surface area contributed by atoms with E-state index < -0.39 is 27.5 Å². The number of nitrogens with one attached hydrogen (secondary N) is 2. The zero-order valence-electron chi connectivity index (χ0n) is 14.3. The van der Waals surface area contributed by atoms with Gasteiger partial charge in [-0.25, -0.2) is 13.1 Å². The first-order chi connectivity index (χ1) is 12.6. The maximum Gasteiger partial charge on any atom is 0.398 e. The molecule has 0 spiro atoms. The minimum absolute atomic E-state index is 0.0291. The normalized spacial score (nSPS) is 16.1. The molecule has 1 saturated carbocycles. The molecular weight excluding hydrogens is 401 g/mol. The minimum Gasteiger partial charge on any atom is -0.347 e. The summed E-state index contributed by atoms with van der Waals surface area (Å²) in [6, 6.07) is 8.77. The van der Waals surface area contributed by atoms with E-state index in [4.69, 9.17) is 0 Å². The largest absolute Gasteiger partial charge is 0.398 e. The zero-order valence-corrected chi connectivity index (χ0v) is 15.9. The molecule has 0 saturated heterocycles. The number of sulfonamides is 1. The lowest BCUT2D eigenvalue weighted by Crippen LogP contribution is -2.28. The molecule has 1 fully saturated rings. The second-order valence-corrected chi connectivity index (χ2v) is 9.48. The average molecular weight is 418 g/mol. The second kappa shape index (κ2) is 6.92. The summed E-state index contributed by atoms with van der Waals surface area (Å²) in [4.78, 5) is 12.4. The highest BCUT2D eigenvalue weighted by molar-refractivity contribution is 7.91. The summed E-state index contributed by atoms with van der Waals surface area (Å²) in [6.07, 6.45) is -4.06. The van der Waals surface area contributed by atoms with Crippen molar-refractivity contribution < 1.29 is 26.4 Å². The van der Waals surface area contributed by atoms with Gasteiger partial charge in [0.25, 0.3) is 5.91 Å². The van der Waals surface area contributed by atoms with Crippen LogP contribution in [0, 0.1) is 0 Å². The van der Waals surface area contributed by atoms with Crippen molar-refractivity contribution in [2.24, 2.45) is 0 Å². The molecule has 1 amide bonds. The Morgan fingerprint density at radius 1 is 1.15 bits per heavy atom. The Hall–Kier alpha value is -1.91. The van der Waals surface area contributed by atoms with Crippen LogP contribution in [-0.2, 0) is 22.0 Å². The van der Waals surface area contributed by atoms with Gasteiger partial charge in [-0.1, -0.05) is 24.3 Å². The van der Waals surface area contributed by atoms with Gasteiger partial charge in [0.15, 0.2) is 0 Å². The topological polar surface area (TPSA) is 75.3 Å². The van der Waals surface area contributed by atoms with Crippen molar-refractivity contribution in [2.45, 2.75) is 35.2 Å². The van der Waals surface area contributed by atoms with Crippen LogP contribution in [0.5, 0.6) is 0 Å². The molecule has 27 heavy (non-hydrogen) atoms. The number of rotatable bonds is 6. The van der Waals surface area contributed by atoms with Gasteiger partial charge in [-0.2, -0.15) is 13.2 Å². The van der Waals surface area contributed by atoms with Crippen LogP contribution in [0.25, 0.3) is 0 Å². The van der Waals surface area contributed by atoms with E-state index in [0.29, 0.717) is 5.56 Å². The molecule has 1 aromatic heterocycles. The van der Waals surface area contributed by atoms with E-state index in [-0.39, 0.29) is 34.0 Å². The van der Waals surface area contributed by atoms with Gasteiger partial charge in [0.1, 0.15) is 4.21 Å². The summed E-state index contributed by atoms with van der Waals surface area (Å²) >= 11 is 0.837. The molecule has 1 heterocycles. The van der Waals surface area contributed by atoms with Crippen molar-refractivity contribution >= 4 is 27.3 Å². The fraction of sp³-hybridized carbons (Fsp3) is 0.353. The zero-order chi connectivity index (χ0) is 19.9. The number of halogens is 3. The molecule has 3 rings (SSSR count). The van der Waals surface area contributed by atoms with Crippen molar-refractivity contribution in [3.8, 4) is 0 Å². The molecule has 1 aliphatic rings. The molecule has 146 valence electrons. The van der Waals surface area contributed by atoms with Crippen LogP contribution >= 0.6 is 11.3 Å². The van der Waals surface area contributed by atoms with Gasteiger partial charge in [0, 0.05) is 6.54 Å². The summed E-state index contributed by atoms with van der Waals surface area (Å²) in [5, 5.41) is 2.64. The molecule has 0 aliphatic heterocycles. The first kappa shape index (κ1) is 19.8. The van der Waals surface area contributed by atoms with Crippen LogP contribution in [0.3, 0.4) is 0 Å². The highest BCUT2D eigenvalue weighted by Crippen LogP contribution is 2.58. The summed E-state index contributed by atoms with van der Waals surface area (Å²) in [7, 11) is -2.33. The summed E-state index contributed by atoms with van der Waals surface area (Å²) in [6.45, 7) is 0.129. The molecule has 0 unspecified atom stereocenters. The number of alkyl halides is 3. The van der Waals surface area contributed by atoms with Gasteiger partial charge < -0.3 is 5.32 Å². The SMILES string of the molecule is CNS(=O)(=O)c1ccc(C(=O)NCc2ccc(C3(C(F)(F)F)CC3)cc2)s1. The predicted octanol–water partition coefficient (Wildman–Crippen LogP) is 3.18. The Morgan fingerprint density at radius 2 is 1.78 bits per heavy atom. The van der Waals surface area contributed by atoms with Crippen molar-refractivity contribution in [3.63, 3.8) is 0 Å². The van der Waals surface area contributed by atoms with Crippen LogP contribution in [0.2, 0.25) is 0 Å². The maximum atomic E-state index is 13.1. The molecule has 2 aromatic rings. The van der Waals surface area contributed by atoms with Crippen molar-refractivity contribution in [1.82, 2.24) is 10.0 Å². The van der Waals surface area contributed by atoms with Gasteiger partial charge in [0.2, 0.25) is 10.0 Å². The molecule has 1 aromatic carbocycles. The quantitative estimate of drug-likeness (QED) is 0.757. The average Bonchev–Trinajstić information content (AvgIpc) is 3.30. The van der Waals surface area contributed by atoms with E-state index in [1.54, 1.807) is 12.1 Å². The molecular formula is C17H17F3N2O3S2. The first-order valence-electron chi connectivity index (χ1n) is 8.07. The molecule has 5 nitrogen and oxygen atoms in total. The Labute approximate surface area is 158 Å². The van der Waals surface area contributed by atoms with Crippen LogP contribution in [0.4, 0.5) is 13.2 Å². The van der Waals surface area contributed by atoms with Crippen molar-refractivity contribution in [2.75, 3.05) is 7.05 Å². The fourth-order valence-electron chi connectivity index (χ4n) is 2.76. The van der Waals surface area contributed by atoms with Crippen molar-refractivity contribution in [3.05, 3.63) is 52.4 Å². The van der Waals surface area contributed by atoms with Gasteiger partial charge in [-0.15, -0.1) is 11.3 Å². The third-order valence-corrected chi connectivity index (χ3v) is 7.58. The lowest BCUT2D eigenvalue weighted by atomic mass is 9.94. The van der Waals surface area contributed by atoms with Crippen LogP contribution in [0.15, 0.2) is 40.6 Å². The Morgan fingerprint density at radius 3 is 2.30 bits per heavy atom. The molecule has 10 heteroatoms. The van der Waals surface area contributed by atoms with Gasteiger partial charge >= 0.3 is 6.18 Å². The molecule has 2 N–H and O–H groups in total. The number of carbonyl (C=O) groups excluding carboxylic acids is 1. The number of carbonyl (C=O) groups is 1. The second-order valence-electron chi connectivity index (χ2n) is 6.29. The molecule has 0 bridgehead atoms. The molecule has 1 aliphatic carbocycles. The number of benzene rings is 1. The van der Waals surface area contributed by atoms with E-state index in [1.165, 1.54) is 31.3 Å². The highest BCUT2D eigenvalue weighted by Gasteiger charge is 2.64. The number of thiophene rings is 1. The Bertz CT molecular complexity index is 947. The van der Waals surface area contributed by atoms with E-state index in [0.717, 1.165) is 11.3 Å². The number of amides is 1.